The molecule has 1 unspecified atom stereocenters. The number of likely N-dealkylation sites (N-methyl/N-ethyl adjacent to an activating group) is 1. The van der Waals surface area contributed by atoms with Crippen molar-refractivity contribution in [3.63, 3.8) is 0 Å². The zero-order valence-corrected chi connectivity index (χ0v) is 10.1. The number of likely N-dealkylation sites (tertiary alicyclic amines) is 1. The molecular weight excluding hydrogens is 216 g/mol. The third-order valence-corrected chi connectivity index (χ3v) is 3.11. The lowest BCUT2D eigenvalue weighted by atomic mass is 10.1. The molecule has 1 N–H and O–H groups in total. The quantitative estimate of drug-likeness (QED) is 0.831. The monoisotopic (exact) mass is 234 g/mol. The first kappa shape index (κ1) is 12.0. The minimum atomic E-state index is -0.0471. The van der Waals surface area contributed by atoms with E-state index in [1.807, 2.05) is 24.1 Å². The van der Waals surface area contributed by atoms with Crippen molar-refractivity contribution in [1.29, 1.82) is 0 Å². The molecule has 5 heteroatoms. The maximum absolute atomic E-state index is 12.2. The molecule has 0 saturated carbocycles. The number of amides is 1. The fourth-order valence-corrected chi connectivity index (χ4v) is 2.14. The minimum Gasteiger partial charge on any atom is -0.335 e. The molecule has 1 amide bonds. The number of aromatic nitrogens is 2. The van der Waals surface area contributed by atoms with E-state index >= 15 is 0 Å². The lowest BCUT2D eigenvalue weighted by molar-refractivity contribution is -0.133. The van der Waals surface area contributed by atoms with Gasteiger partial charge in [-0.05, 0) is 38.4 Å². The average Bonchev–Trinajstić information content (AvgIpc) is 2.54. The Morgan fingerprint density at radius 1 is 1.53 bits per heavy atom. The summed E-state index contributed by atoms with van der Waals surface area (Å²) in [4.78, 5) is 14.1. The lowest BCUT2D eigenvalue weighted by Crippen LogP contribution is -2.43. The minimum absolute atomic E-state index is 0.0471. The first-order valence-corrected chi connectivity index (χ1v) is 6.04. The maximum Gasteiger partial charge on any atom is 0.240 e. The highest BCUT2D eigenvalue weighted by molar-refractivity contribution is 5.82. The fraction of sp³-hybridized carbons (Fsp3) is 0.583. The standard InChI is InChI=1S/C12H18N4O/c1-13-11-6-2-3-8-16(12(11)17)9-10-5-4-7-14-15-10/h4-5,7,11,13H,2-3,6,8-9H2,1H3. The average molecular weight is 234 g/mol. The first-order chi connectivity index (χ1) is 8.31. The lowest BCUT2D eigenvalue weighted by Gasteiger charge is -2.23. The maximum atomic E-state index is 12.2. The van der Waals surface area contributed by atoms with Gasteiger partial charge < -0.3 is 10.2 Å². The molecule has 1 aromatic rings. The van der Waals surface area contributed by atoms with Gasteiger partial charge in [-0.1, -0.05) is 0 Å². The summed E-state index contributed by atoms with van der Waals surface area (Å²) in [5.41, 5.74) is 0.845. The number of carbonyl (C=O) groups excluding carboxylic acids is 1. The van der Waals surface area contributed by atoms with E-state index in [4.69, 9.17) is 0 Å². The van der Waals surface area contributed by atoms with Crippen LogP contribution >= 0.6 is 0 Å². The fourth-order valence-electron chi connectivity index (χ4n) is 2.14. The molecule has 1 aliphatic rings. The van der Waals surface area contributed by atoms with Crippen LogP contribution in [0.4, 0.5) is 0 Å². The third-order valence-electron chi connectivity index (χ3n) is 3.11. The van der Waals surface area contributed by atoms with Crippen LogP contribution in [-0.4, -0.2) is 40.6 Å². The topological polar surface area (TPSA) is 58.1 Å². The zero-order chi connectivity index (χ0) is 12.1. The molecule has 1 saturated heterocycles. The number of rotatable bonds is 3. The van der Waals surface area contributed by atoms with Crippen LogP contribution in [0.5, 0.6) is 0 Å². The first-order valence-electron chi connectivity index (χ1n) is 6.04. The van der Waals surface area contributed by atoms with E-state index < -0.39 is 0 Å². The van der Waals surface area contributed by atoms with Crippen LogP contribution in [0.2, 0.25) is 0 Å². The summed E-state index contributed by atoms with van der Waals surface area (Å²) in [6.07, 6.45) is 4.72. The van der Waals surface area contributed by atoms with Crippen LogP contribution in [-0.2, 0) is 11.3 Å². The van der Waals surface area contributed by atoms with E-state index in [-0.39, 0.29) is 11.9 Å². The second-order valence-electron chi connectivity index (χ2n) is 4.31. The molecule has 2 heterocycles. The largest absolute Gasteiger partial charge is 0.335 e. The molecule has 0 spiro atoms. The Bertz CT molecular complexity index is 368. The van der Waals surface area contributed by atoms with Crippen molar-refractivity contribution in [3.05, 3.63) is 24.0 Å². The van der Waals surface area contributed by atoms with E-state index in [1.165, 1.54) is 0 Å². The molecular formula is C12H18N4O. The molecule has 1 aromatic heterocycles. The van der Waals surface area contributed by atoms with Gasteiger partial charge in [0.15, 0.2) is 0 Å². The summed E-state index contributed by atoms with van der Waals surface area (Å²) in [6.45, 7) is 1.37. The van der Waals surface area contributed by atoms with E-state index in [0.29, 0.717) is 6.54 Å². The molecule has 1 atom stereocenters. The second kappa shape index (κ2) is 5.72. The normalized spacial score (nSPS) is 21.4. The van der Waals surface area contributed by atoms with Crippen LogP contribution in [0.3, 0.4) is 0 Å². The highest BCUT2D eigenvalue weighted by Gasteiger charge is 2.25. The van der Waals surface area contributed by atoms with Gasteiger partial charge in [0.2, 0.25) is 5.91 Å². The van der Waals surface area contributed by atoms with Gasteiger partial charge in [-0.15, -0.1) is 0 Å². The number of hydrogen-bond donors (Lipinski definition) is 1. The van der Waals surface area contributed by atoms with Gasteiger partial charge in [-0.25, -0.2) is 0 Å². The van der Waals surface area contributed by atoms with Crippen molar-refractivity contribution in [1.82, 2.24) is 20.4 Å². The SMILES string of the molecule is CNC1CCCCN(Cc2cccnn2)C1=O. The van der Waals surface area contributed by atoms with Gasteiger partial charge in [0.1, 0.15) is 0 Å². The Morgan fingerprint density at radius 3 is 3.12 bits per heavy atom. The molecule has 5 nitrogen and oxygen atoms in total. The van der Waals surface area contributed by atoms with Crippen molar-refractivity contribution in [2.24, 2.45) is 0 Å². The Morgan fingerprint density at radius 2 is 2.41 bits per heavy atom. The molecule has 0 bridgehead atoms. The van der Waals surface area contributed by atoms with E-state index in [2.05, 4.69) is 15.5 Å². The summed E-state index contributed by atoms with van der Waals surface area (Å²) in [7, 11) is 1.84. The van der Waals surface area contributed by atoms with Crippen LogP contribution in [0.1, 0.15) is 25.0 Å². The number of hydrogen-bond acceptors (Lipinski definition) is 4. The van der Waals surface area contributed by atoms with Crippen molar-refractivity contribution in [2.75, 3.05) is 13.6 Å². The predicted octanol–water partition coefficient (Wildman–Crippen LogP) is 0.577. The van der Waals surface area contributed by atoms with Crippen molar-refractivity contribution < 1.29 is 4.79 Å². The van der Waals surface area contributed by atoms with Gasteiger partial charge in [-0.3, -0.25) is 4.79 Å². The Hall–Kier alpha value is -1.49. The Kier molecular flexibility index (Phi) is 4.03. The second-order valence-corrected chi connectivity index (χ2v) is 4.31. The van der Waals surface area contributed by atoms with Crippen molar-refractivity contribution in [2.45, 2.75) is 31.8 Å². The van der Waals surface area contributed by atoms with Gasteiger partial charge in [0, 0.05) is 12.7 Å². The van der Waals surface area contributed by atoms with E-state index in [1.54, 1.807) is 6.20 Å². The molecule has 0 radical (unpaired) electrons. The third kappa shape index (κ3) is 3.00. The molecule has 2 rings (SSSR count). The molecule has 92 valence electrons. The highest BCUT2D eigenvalue weighted by Crippen LogP contribution is 2.13. The highest BCUT2D eigenvalue weighted by atomic mass is 16.2. The molecule has 1 aliphatic heterocycles. The summed E-state index contributed by atoms with van der Waals surface area (Å²) < 4.78 is 0. The molecule has 1 fully saturated rings. The summed E-state index contributed by atoms with van der Waals surface area (Å²) >= 11 is 0. The van der Waals surface area contributed by atoms with Gasteiger partial charge >= 0.3 is 0 Å². The molecule has 0 aliphatic carbocycles. The molecule has 0 aromatic carbocycles. The van der Waals surface area contributed by atoms with E-state index in [9.17, 15) is 4.79 Å². The van der Waals surface area contributed by atoms with Crippen LogP contribution in [0, 0.1) is 0 Å². The predicted molar refractivity (Wildman–Crippen MR) is 64.1 cm³/mol. The summed E-state index contributed by atoms with van der Waals surface area (Å²) in [5, 5.41) is 10.9. The van der Waals surface area contributed by atoms with Crippen LogP contribution in [0.25, 0.3) is 0 Å². The smallest absolute Gasteiger partial charge is 0.240 e. The number of carbonyl (C=O) groups is 1. The number of nitrogens with one attached hydrogen (secondary N) is 1. The zero-order valence-electron chi connectivity index (χ0n) is 10.1. The van der Waals surface area contributed by atoms with Gasteiger partial charge in [0.25, 0.3) is 0 Å². The summed E-state index contributed by atoms with van der Waals surface area (Å²) in [5.74, 6) is 0.177. The van der Waals surface area contributed by atoms with Crippen molar-refractivity contribution in [3.8, 4) is 0 Å². The number of nitrogens with zero attached hydrogens (tertiary/aromatic N) is 3. The van der Waals surface area contributed by atoms with Gasteiger partial charge in [0.05, 0.1) is 18.3 Å². The van der Waals surface area contributed by atoms with Crippen molar-refractivity contribution >= 4 is 5.91 Å². The molecule has 17 heavy (non-hydrogen) atoms. The van der Waals surface area contributed by atoms with Crippen LogP contribution < -0.4 is 5.32 Å². The Balaban J connectivity index is 2.06. The Labute approximate surface area is 101 Å². The van der Waals surface area contributed by atoms with E-state index in [0.717, 1.165) is 31.5 Å². The van der Waals surface area contributed by atoms with Gasteiger partial charge in [-0.2, -0.15) is 10.2 Å². The summed E-state index contributed by atoms with van der Waals surface area (Å²) in [6, 6.07) is 3.70. The van der Waals surface area contributed by atoms with Crippen LogP contribution in [0.15, 0.2) is 18.3 Å².